The lowest BCUT2D eigenvalue weighted by Crippen LogP contribution is -2.36. The van der Waals surface area contributed by atoms with Crippen LogP contribution in [0.2, 0.25) is 0 Å². The molecule has 0 saturated carbocycles. The number of rotatable bonds is 2. The first-order valence-corrected chi connectivity index (χ1v) is 6.55. The number of nitrogens with zero attached hydrogens (tertiary/aromatic N) is 3. The van der Waals surface area contributed by atoms with E-state index in [4.69, 9.17) is 24.8 Å². The number of nitrogens with two attached hydrogens (primary N) is 1. The first-order valence-electron chi connectivity index (χ1n) is 4.75. The van der Waals surface area contributed by atoms with Gasteiger partial charge < -0.3 is 24.8 Å². The van der Waals surface area contributed by atoms with E-state index in [2.05, 4.69) is 9.97 Å². The lowest BCUT2D eigenvalue weighted by molar-refractivity contribution is -0.0180. The zero-order valence-electron chi connectivity index (χ0n) is 8.76. The van der Waals surface area contributed by atoms with Crippen molar-refractivity contribution in [1.82, 2.24) is 14.5 Å². The number of hydrogen-bond donors (Lipinski definition) is 3. The van der Waals surface area contributed by atoms with Crippen molar-refractivity contribution < 1.29 is 19.0 Å². The predicted octanol–water partition coefficient (Wildman–Crippen LogP) is -1.66. The molecule has 2 heterocycles. The van der Waals surface area contributed by atoms with Gasteiger partial charge in [0, 0.05) is 0 Å². The minimum atomic E-state index is -3.36. The molecule has 1 aromatic rings. The van der Waals surface area contributed by atoms with Crippen LogP contribution in [0, 0.1) is 0 Å². The molecule has 0 unspecified atom stereocenters. The zero-order valence-corrected chi connectivity index (χ0v) is 9.66. The maximum atomic E-state index is 11.4. The van der Waals surface area contributed by atoms with Gasteiger partial charge in [0.1, 0.15) is 18.8 Å². The topological polar surface area (TPSA) is 133 Å². The van der Waals surface area contributed by atoms with Crippen LogP contribution in [0.3, 0.4) is 0 Å². The van der Waals surface area contributed by atoms with Crippen molar-refractivity contribution in [2.45, 2.75) is 12.6 Å². The second-order valence-corrected chi connectivity index (χ2v) is 5.37. The minimum absolute atomic E-state index is 0.00239. The summed E-state index contributed by atoms with van der Waals surface area (Å²) in [5.74, 6) is -0.0947. The Morgan fingerprint density at radius 1 is 1.65 bits per heavy atom. The van der Waals surface area contributed by atoms with Crippen molar-refractivity contribution in [3.63, 3.8) is 0 Å². The van der Waals surface area contributed by atoms with E-state index in [9.17, 15) is 4.79 Å². The van der Waals surface area contributed by atoms with Crippen molar-refractivity contribution in [2.24, 2.45) is 0 Å². The Hall–Kier alpha value is -1.12. The molecule has 95 valence electrons. The molecule has 0 bridgehead atoms. The number of nitrogen functional groups attached to an aromatic ring is 1. The second-order valence-electron chi connectivity index (χ2n) is 3.53. The highest BCUT2D eigenvalue weighted by Gasteiger charge is 2.31. The molecule has 1 aliphatic rings. The van der Waals surface area contributed by atoms with Crippen molar-refractivity contribution >= 4 is 13.9 Å². The molecule has 1 aliphatic heterocycles. The summed E-state index contributed by atoms with van der Waals surface area (Å²) < 4.78 is 11.2. The van der Waals surface area contributed by atoms with Crippen LogP contribution in [-0.2, 0) is 15.8 Å². The number of ether oxygens (including phenoxy) is 1. The van der Waals surface area contributed by atoms with E-state index in [-0.39, 0.29) is 25.4 Å². The summed E-state index contributed by atoms with van der Waals surface area (Å²) in [6.07, 6.45) is 0.526. The van der Waals surface area contributed by atoms with Crippen molar-refractivity contribution in [1.29, 1.82) is 0 Å². The van der Waals surface area contributed by atoms with Gasteiger partial charge in [0.25, 0.3) is 7.94 Å². The molecule has 17 heavy (non-hydrogen) atoms. The van der Waals surface area contributed by atoms with Gasteiger partial charge in [-0.1, -0.05) is 0 Å². The van der Waals surface area contributed by atoms with E-state index in [0.29, 0.717) is 0 Å². The van der Waals surface area contributed by atoms with Crippen LogP contribution in [0.15, 0.2) is 11.1 Å². The molecule has 1 aromatic heterocycles. The van der Waals surface area contributed by atoms with E-state index in [0.717, 1.165) is 0 Å². The normalized spacial score (nSPS) is 23.5. The third-order valence-corrected chi connectivity index (χ3v) is 3.18. The van der Waals surface area contributed by atoms with E-state index >= 15 is 0 Å². The minimum Gasteiger partial charge on any atom is -0.368 e. The lowest BCUT2D eigenvalue weighted by Gasteiger charge is -2.32. The fraction of sp³-hybridized carbons (Fsp3) is 0.571. The third kappa shape index (κ3) is 3.18. The van der Waals surface area contributed by atoms with Crippen LogP contribution in [0.1, 0.15) is 0 Å². The fourth-order valence-corrected chi connectivity index (χ4v) is 2.19. The van der Waals surface area contributed by atoms with Gasteiger partial charge in [0.05, 0.1) is 13.2 Å². The summed E-state index contributed by atoms with van der Waals surface area (Å²) in [5, 5.41) is 0. The molecule has 4 N–H and O–H groups in total. The fourth-order valence-electron chi connectivity index (χ4n) is 1.31. The van der Waals surface area contributed by atoms with Gasteiger partial charge in [-0.3, -0.25) is 4.57 Å². The Morgan fingerprint density at radius 3 is 3.00 bits per heavy atom. The summed E-state index contributed by atoms with van der Waals surface area (Å²) in [5.41, 5.74) is 4.70. The predicted molar refractivity (Wildman–Crippen MR) is 57.8 cm³/mol. The highest BCUT2D eigenvalue weighted by molar-refractivity contribution is 7.59. The van der Waals surface area contributed by atoms with Gasteiger partial charge in [-0.2, -0.15) is 4.98 Å². The van der Waals surface area contributed by atoms with Crippen LogP contribution >= 0.6 is 7.94 Å². The monoisotopic (exact) mass is 263 g/mol. The summed E-state index contributed by atoms with van der Waals surface area (Å²) in [6, 6.07) is 0. The van der Waals surface area contributed by atoms with Crippen LogP contribution < -0.4 is 11.4 Å². The Bertz CT molecular complexity index is 454. The standard InChI is InChI=1S/C7H12N4O5P/c8-6-9-3-11(7(12)10-6)1-5-2-16-17(13,14)4-15-5/h3,5,13-14H,1-2,4H2,(H2,8,10,12)/t5-/m0/s1. The summed E-state index contributed by atoms with van der Waals surface area (Å²) in [7, 11) is -3.36. The number of aromatic nitrogens is 3. The maximum Gasteiger partial charge on any atom is 0.352 e. The molecule has 10 heteroatoms. The number of anilines is 1. The second kappa shape index (κ2) is 4.63. The quantitative estimate of drug-likeness (QED) is 0.540. The van der Waals surface area contributed by atoms with E-state index in [1.807, 2.05) is 0 Å². The average molecular weight is 263 g/mol. The van der Waals surface area contributed by atoms with Crippen LogP contribution in [0.4, 0.5) is 5.95 Å². The van der Waals surface area contributed by atoms with E-state index in [1.165, 1.54) is 10.9 Å². The molecule has 1 radical (unpaired) electrons. The van der Waals surface area contributed by atoms with Gasteiger partial charge in [0.15, 0.2) is 0 Å². The maximum absolute atomic E-state index is 11.4. The highest BCUT2D eigenvalue weighted by atomic mass is 31.2. The van der Waals surface area contributed by atoms with Gasteiger partial charge in [-0.25, -0.2) is 9.78 Å². The first-order chi connectivity index (χ1) is 7.96. The largest absolute Gasteiger partial charge is 0.368 e. The molecule has 2 rings (SSSR count). The smallest absolute Gasteiger partial charge is 0.352 e. The summed E-state index contributed by atoms with van der Waals surface area (Å²) >= 11 is 0. The molecule has 9 nitrogen and oxygen atoms in total. The lowest BCUT2D eigenvalue weighted by atomic mass is 10.4. The molecule has 1 fully saturated rings. The number of hydrogen-bond acceptors (Lipinski definition) is 8. The molecular weight excluding hydrogens is 251 g/mol. The summed E-state index contributed by atoms with van der Waals surface area (Å²) in [4.78, 5) is 36.8. The van der Waals surface area contributed by atoms with Gasteiger partial charge in [-0.15, -0.1) is 0 Å². The van der Waals surface area contributed by atoms with Crippen LogP contribution in [0.25, 0.3) is 0 Å². The molecule has 0 aliphatic carbocycles. The molecule has 1 saturated heterocycles. The SMILES string of the molecule is Nc1ncn(C[C@H]2CO[P](O)(O)CO2)c(=O)n1. The van der Waals surface area contributed by atoms with Crippen molar-refractivity contribution in [3.05, 3.63) is 16.8 Å². The molecule has 0 spiro atoms. The van der Waals surface area contributed by atoms with Crippen molar-refractivity contribution in [2.75, 3.05) is 18.7 Å². The van der Waals surface area contributed by atoms with E-state index < -0.39 is 19.7 Å². The Kier molecular flexibility index (Phi) is 3.36. The highest BCUT2D eigenvalue weighted by Crippen LogP contribution is 2.53. The van der Waals surface area contributed by atoms with Gasteiger partial charge in [-0.05, 0) is 0 Å². The third-order valence-electron chi connectivity index (χ3n) is 2.13. The zero-order chi connectivity index (χ0) is 12.5. The van der Waals surface area contributed by atoms with Gasteiger partial charge >= 0.3 is 5.69 Å². The molecule has 0 amide bonds. The van der Waals surface area contributed by atoms with Crippen molar-refractivity contribution in [3.8, 4) is 0 Å². The molecule has 1 atom stereocenters. The Morgan fingerprint density at radius 2 is 2.41 bits per heavy atom. The summed E-state index contributed by atoms with van der Waals surface area (Å²) in [6.45, 7) is 0.163. The molecule has 0 aromatic carbocycles. The van der Waals surface area contributed by atoms with E-state index in [1.54, 1.807) is 0 Å². The average Bonchev–Trinajstić information content (AvgIpc) is 2.25. The Labute approximate surface area is 96.4 Å². The first kappa shape index (κ1) is 12.3. The van der Waals surface area contributed by atoms with Gasteiger partial charge in [0.2, 0.25) is 5.95 Å². The Balaban J connectivity index is 2.00. The van der Waals surface area contributed by atoms with Crippen LogP contribution in [-0.4, -0.2) is 43.4 Å². The molecular formula is C7H12N4O5P. The van der Waals surface area contributed by atoms with Crippen LogP contribution in [0.5, 0.6) is 0 Å².